The lowest BCUT2D eigenvalue weighted by atomic mass is 9.97. The van der Waals surface area contributed by atoms with E-state index in [9.17, 15) is 0 Å². The molecule has 1 aliphatic carbocycles. The molecule has 4 unspecified atom stereocenters. The van der Waals surface area contributed by atoms with Gasteiger partial charge in [-0.1, -0.05) is 6.42 Å². The van der Waals surface area contributed by atoms with Crippen LogP contribution in [0.3, 0.4) is 0 Å². The summed E-state index contributed by atoms with van der Waals surface area (Å²) in [5.41, 5.74) is 8.10. The summed E-state index contributed by atoms with van der Waals surface area (Å²) in [7, 11) is 2.17. The topological polar surface area (TPSA) is 74.3 Å². The summed E-state index contributed by atoms with van der Waals surface area (Å²) in [6.07, 6.45) is 10.5. The van der Waals surface area contributed by atoms with Crippen LogP contribution in [0.2, 0.25) is 0 Å². The number of nitrogens with zero attached hydrogens (tertiary/aromatic N) is 3. The third kappa shape index (κ3) is 4.28. The lowest BCUT2D eigenvalue weighted by Crippen LogP contribution is -2.41. The van der Waals surface area contributed by atoms with Gasteiger partial charge in [-0.25, -0.2) is 9.97 Å². The first-order valence-electron chi connectivity index (χ1n) is 9.64. The van der Waals surface area contributed by atoms with E-state index < -0.39 is 0 Å². The lowest BCUT2D eigenvalue weighted by Gasteiger charge is -2.24. The van der Waals surface area contributed by atoms with Crippen LogP contribution in [-0.2, 0) is 11.3 Å². The highest BCUT2D eigenvalue weighted by Crippen LogP contribution is 2.31. The highest BCUT2D eigenvalue weighted by molar-refractivity contribution is 5.24. The molecule has 138 valence electrons. The second kappa shape index (κ2) is 7.95. The molecule has 1 aromatic heterocycles. The third-order valence-electron chi connectivity index (χ3n) is 5.72. The van der Waals surface area contributed by atoms with Gasteiger partial charge in [-0.15, -0.1) is 0 Å². The zero-order chi connectivity index (χ0) is 17.1. The second-order valence-corrected chi connectivity index (χ2v) is 7.72. The van der Waals surface area contributed by atoms with Crippen molar-refractivity contribution in [3.05, 3.63) is 18.0 Å². The van der Waals surface area contributed by atoms with Gasteiger partial charge < -0.3 is 15.0 Å². The molecule has 1 aromatic rings. The van der Waals surface area contributed by atoms with Crippen molar-refractivity contribution in [2.75, 3.05) is 32.1 Å². The summed E-state index contributed by atoms with van der Waals surface area (Å²) in [6, 6.07) is 1.22. The van der Waals surface area contributed by atoms with Crippen LogP contribution in [0.15, 0.2) is 12.4 Å². The van der Waals surface area contributed by atoms with Crippen molar-refractivity contribution >= 4 is 5.95 Å². The smallest absolute Gasteiger partial charge is 0.222 e. The first-order valence-corrected chi connectivity index (χ1v) is 9.64. The van der Waals surface area contributed by atoms with E-state index in [1.807, 2.05) is 12.4 Å². The van der Waals surface area contributed by atoms with Crippen molar-refractivity contribution in [2.45, 2.75) is 56.8 Å². The average Bonchev–Trinajstić information content (AvgIpc) is 3.34. The number of ether oxygens (including phenoxy) is 1. The van der Waals surface area contributed by atoms with Crippen LogP contribution in [0.1, 0.15) is 37.7 Å². The fourth-order valence-corrected chi connectivity index (χ4v) is 4.40. The summed E-state index contributed by atoms with van der Waals surface area (Å²) in [6.45, 7) is 3.60. The molecule has 4 atom stereocenters. The van der Waals surface area contributed by atoms with Gasteiger partial charge in [-0.3, -0.25) is 10.9 Å². The molecule has 0 aromatic carbocycles. The Balaban J connectivity index is 1.23. The molecular weight excluding hydrogens is 316 g/mol. The Labute approximate surface area is 149 Å². The van der Waals surface area contributed by atoms with E-state index in [2.05, 4.69) is 38.1 Å². The number of nitrogens with one attached hydrogen (secondary N) is 3. The summed E-state index contributed by atoms with van der Waals surface area (Å²) in [5, 5.41) is 3.27. The summed E-state index contributed by atoms with van der Waals surface area (Å²) < 4.78 is 5.61. The summed E-state index contributed by atoms with van der Waals surface area (Å²) in [5.74, 6) is 1.47. The predicted molar refractivity (Wildman–Crippen MR) is 97.0 cm³/mol. The molecular formula is C18H30N6O. The molecule has 4 rings (SSSR count). The maximum atomic E-state index is 5.61. The minimum Gasteiger partial charge on any atom is -0.376 e. The largest absolute Gasteiger partial charge is 0.376 e. The fraction of sp³-hybridized carbons (Fsp3) is 0.778. The first kappa shape index (κ1) is 17.1. The number of rotatable bonds is 7. The Morgan fingerprint density at radius 3 is 2.88 bits per heavy atom. The van der Waals surface area contributed by atoms with Crippen molar-refractivity contribution in [3.63, 3.8) is 0 Å². The summed E-state index contributed by atoms with van der Waals surface area (Å²) >= 11 is 0. The number of hydrogen-bond acceptors (Lipinski definition) is 7. The lowest BCUT2D eigenvalue weighted by molar-refractivity contribution is 0.120. The minimum absolute atomic E-state index is 0.307. The van der Waals surface area contributed by atoms with E-state index >= 15 is 0 Å². The first-order chi connectivity index (χ1) is 12.3. The zero-order valence-corrected chi connectivity index (χ0v) is 15.1. The van der Waals surface area contributed by atoms with Gasteiger partial charge in [0.2, 0.25) is 5.95 Å². The highest BCUT2D eigenvalue weighted by atomic mass is 16.5. The normalized spacial score (nSPS) is 31.6. The molecule has 3 heterocycles. The van der Waals surface area contributed by atoms with Crippen molar-refractivity contribution in [1.82, 2.24) is 25.7 Å². The van der Waals surface area contributed by atoms with E-state index in [0.29, 0.717) is 24.1 Å². The van der Waals surface area contributed by atoms with Crippen molar-refractivity contribution in [3.8, 4) is 0 Å². The van der Waals surface area contributed by atoms with Crippen LogP contribution < -0.4 is 16.2 Å². The number of aromatic nitrogens is 2. The Bertz CT molecular complexity index is 547. The molecule has 0 amide bonds. The van der Waals surface area contributed by atoms with Gasteiger partial charge in [-0.05, 0) is 38.6 Å². The van der Waals surface area contributed by atoms with Crippen molar-refractivity contribution in [1.29, 1.82) is 0 Å². The van der Waals surface area contributed by atoms with Gasteiger partial charge in [0.15, 0.2) is 0 Å². The van der Waals surface area contributed by atoms with Crippen LogP contribution in [0.25, 0.3) is 0 Å². The van der Waals surface area contributed by atoms with E-state index in [1.165, 1.54) is 19.3 Å². The molecule has 25 heavy (non-hydrogen) atoms. The maximum absolute atomic E-state index is 5.61. The Hall–Kier alpha value is -1.28. The third-order valence-corrected chi connectivity index (χ3v) is 5.72. The summed E-state index contributed by atoms with van der Waals surface area (Å²) in [4.78, 5) is 11.2. The minimum atomic E-state index is 0.307. The fourth-order valence-electron chi connectivity index (χ4n) is 4.40. The number of hydrogen-bond donors (Lipinski definition) is 3. The van der Waals surface area contributed by atoms with Crippen LogP contribution in [-0.4, -0.2) is 59.8 Å². The highest BCUT2D eigenvalue weighted by Gasteiger charge is 2.39. The van der Waals surface area contributed by atoms with Crippen molar-refractivity contribution < 1.29 is 4.74 Å². The van der Waals surface area contributed by atoms with Gasteiger partial charge in [0.25, 0.3) is 0 Å². The Morgan fingerprint density at radius 1 is 1.20 bits per heavy atom. The molecule has 2 saturated heterocycles. The molecule has 1 saturated carbocycles. The molecule has 3 N–H and O–H groups in total. The molecule has 3 fully saturated rings. The monoisotopic (exact) mass is 346 g/mol. The Kier molecular flexibility index (Phi) is 5.45. The molecule has 0 radical (unpaired) electrons. The molecule has 3 aliphatic rings. The van der Waals surface area contributed by atoms with Crippen LogP contribution in [0, 0.1) is 5.92 Å². The predicted octanol–water partition coefficient (Wildman–Crippen LogP) is 1.14. The zero-order valence-electron chi connectivity index (χ0n) is 15.1. The second-order valence-electron chi connectivity index (χ2n) is 7.72. The SMILES string of the molecule is CN(Cc1cnc(NCC2CCCO2)nc1)CC1NNC2CCCC21. The van der Waals surface area contributed by atoms with Gasteiger partial charge in [-0.2, -0.15) is 0 Å². The number of anilines is 1. The van der Waals surface area contributed by atoms with E-state index in [1.54, 1.807) is 0 Å². The number of likely N-dealkylation sites (N-methyl/N-ethyl adjacent to an activating group) is 1. The molecule has 2 aliphatic heterocycles. The number of hydrazine groups is 1. The van der Waals surface area contributed by atoms with Gasteiger partial charge in [0.05, 0.1) is 6.10 Å². The van der Waals surface area contributed by atoms with Gasteiger partial charge in [0, 0.05) is 56.3 Å². The molecule has 0 bridgehead atoms. The average molecular weight is 346 g/mol. The van der Waals surface area contributed by atoms with E-state index in [-0.39, 0.29) is 0 Å². The quantitative estimate of drug-likeness (QED) is 0.684. The van der Waals surface area contributed by atoms with Crippen LogP contribution in [0.4, 0.5) is 5.95 Å². The van der Waals surface area contributed by atoms with E-state index in [4.69, 9.17) is 4.74 Å². The number of fused-ring (bicyclic) bond motifs is 1. The Morgan fingerprint density at radius 2 is 2.08 bits per heavy atom. The molecule has 7 nitrogen and oxygen atoms in total. The standard InChI is InChI=1S/C18H30N6O/c1-24(12-17-15-5-2-6-16(15)22-23-17)11-13-8-19-18(20-9-13)21-10-14-4-3-7-25-14/h8-9,14-17,22-23H,2-7,10-12H2,1H3,(H,19,20,21). The van der Waals surface area contributed by atoms with Gasteiger partial charge >= 0.3 is 0 Å². The van der Waals surface area contributed by atoms with Crippen molar-refractivity contribution in [2.24, 2.45) is 5.92 Å². The van der Waals surface area contributed by atoms with E-state index in [0.717, 1.165) is 50.6 Å². The molecule has 0 spiro atoms. The van der Waals surface area contributed by atoms with Gasteiger partial charge in [0.1, 0.15) is 0 Å². The molecule has 7 heteroatoms. The van der Waals surface area contributed by atoms with Crippen LogP contribution >= 0.6 is 0 Å². The van der Waals surface area contributed by atoms with Crippen LogP contribution in [0.5, 0.6) is 0 Å². The maximum Gasteiger partial charge on any atom is 0.222 e.